The van der Waals surface area contributed by atoms with Gasteiger partial charge in [0.1, 0.15) is 0 Å². The molecular formula is C5H7N3O2. The first-order valence-corrected chi connectivity index (χ1v) is 2.64. The summed E-state index contributed by atoms with van der Waals surface area (Å²) in [6.45, 7) is 0. The van der Waals surface area contributed by atoms with Gasteiger partial charge in [0.15, 0.2) is 0 Å². The van der Waals surface area contributed by atoms with Crippen molar-refractivity contribution in [2.45, 2.75) is 0 Å². The van der Waals surface area contributed by atoms with Gasteiger partial charge in [-0.2, -0.15) is 5.90 Å². The van der Waals surface area contributed by atoms with Gasteiger partial charge in [0.25, 0.3) is 0 Å². The molecule has 5 heteroatoms. The predicted octanol–water partition coefficient (Wildman–Crippen LogP) is -0.967. The van der Waals surface area contributed by atoms with Crippen LogP contribution < -0.4 is 16.3 Å². The van der Waals surface area contributed by atoms with E-state index in [4.69, 9.17) is 5.90 Å². The summed E-state index contributed by atoms with van der Waals surface area (Å²) >= 11 is 0. The van der Waals surface area contributed by atoms with E-state index in [0.29, 0.717) is 0 Å². The Bertz CT molecular complexity index is 280. The molecule has 0 aromatic carbocycles. The van der Waals surface area contributed by atoms with E-state index in [-0.39, 0.29) is 11.4 Å². The molecule has 0 unspecified atom stereocenters. The van der Waals surface area contributed by atoms with Crippen LogP contribution in [0.15, 0.2) is 17.2 Å². The van der Waals surface area contributed by atoms with Crippen LogP contribution in [0.5, 0.6) is 5.88 Å². The first kappa shape index (κ1) is 6.76. The summed E-state index contributed by atoms with van der Waals surface area (Å²) in [5.74, 6) is 4.65. The Morgan fingerprint density at radius 1 is 1.80 bits per heavy atom. The second-order valence-electron chi connectivity index (χ2n) is 1.77. The fourth-order valence-corrected chi connectivity index (χ4v) is 0.556. The van der Waals surface area contributed by atoms with Crippen LogP contribution in [-0.2, 0) is 7.05 Å². The van der Waals surface area contributed by atoms with Crippen molar-refractivity contribution in [2.24, 2.45) is 12.9 Å². The molecule has 0 amide bonds. The number of rotatable bonds is 1. The van der Waals surface area contributed by atoms with Gasteiger partial charge < -0.3 is 9.40 Å². The molecule has 0 radical (unpaired) electrons. The number of hydrogen-bond acceptors (Lipinski definition) is 4. The van der Waals surface area contributed by atoms with E-state index in [0.717, 1.165) is 0 Å². The fourth-order valence-electron chi connectivity index (χ4n) is 0.556. The van der Waals surface area contributed by atoms with Crippen molar-refractivity contribution in [2.75, 3.05) is 0 Å². The molecule has 0 spiro atoms. The maximum absolute atomic E-state index is 10.9. The lowest BCUT2D eigenvalue weighted by molar-refractivity contribution is 0.312. The molecule has 0 aliphatic rings. The van der Waals surface area contributed by atoms with Crippen molar-refractivity contribution >= 4 is 0 Å². The van der Waals surface area contributed by atoms with Gasteiger partial charge in [0.2, 0.25) is 0 Å². The van der Waals surface area contributed by atoms with Gasteiger partial charge in [-0.25, -0.2) is 4.98 Å². The Hall–Kier alpha value is -1.36. The highest BCUT2D eigenvalue weighted by Gasteiger charge is 1.99. The monoisotopic (exact) mass is 141 g/mol. The zero-order valence-electron chi connectivity index (χ0n) is 5.44. The first-order chi connectivity index (χ1) is 4.75. The van der Waals surface area contributed by atoms with Crippen LogP contribution in [0.3, 0.4) is 0 Å². The summed E-state index contributed by atoms with van der Waals surface area (Å²) in [4.78, 5) is 18.7. The number of nitrogens with zero attached hydrogens (tertiary/aromatic N) is 2. The number of hydrogen-bond donors (Lipinski definition) is 1. The summed E-state index contributed by atoms with van der Waals surface area (Å²) in [6.07, 6.45) is 2.95. The summed E-state index contributed by atoms with van der Waals surface area (Å²) < 4.78 is 1.33. The van der Waals surface area contributed by atoms with Crippen molar-refractivity contribution in [1.82, 2.24) is 9.55 Å². The molecule has 1 aromatic rings. The normalized spacial score (nSPS) is 9.40. The average molecular weight is 141 g/mol. The molecule has 0 bridgehead atoms. The molecule has 54 valence electrons. The summed E-state index contributed by atoms with van der Waals surface area (Å²) in [7, 11) is 1.59. The highest BCUT2D eigenvalue weighted by molar-refractivity contribution is 5.02. The van der Waals surface area contributed by atoms with Crippen LogP contribution in [0, 0.1) is 0 Å². The summed E-state index contributed by atoms with van der Waals surface area (Å²) in [5.41, 5.74) is -0.343. The third-order valence-electron chi connectivity index (χ3n) is 1.10. The van der Waals surface area contributed by atoms with Crippen LogP contribution in [0.1, 0.15) is 0 Å². The second kappa shape index (κ2) is 2.49. The number of aryl methyl sites for hydroxylation is 1. The standard InChI is InChI=1S/C5H7N3O2/c1-8-3-2-7-4(10-6)5(8)9/h2-3H,6H2,1H3. The van der Waals surface area contributed by atoms with E-state index in [9.17, 15) is 4.79 Å². The second-order valence-corrected chi connectivity index (χ2v) is 1.77. The Morgan fingerprint density at radius 3 is 3.00 bits per heavy atom. The molecule has 10 heavy (non-hydrogen) atoms. The van der Waals surface area contributed by atoms with E-state index in [2.05, 4.69) is 9.82 Å². The van der Waals surface area contributed by atoms with Crippen molar-refractivity contribution in [3.05, 3.63) is 22.7 Å². The molecule has 5 nitrogen and oxygen atoms in total. The van der Waals surface area contributed by atoms with Gasteiger partial charge in [-0.15, -0.1) is 0 Å². The van der Waals surface area contributed by atoms with Crippen LogP contribution >= 0.6 is 0 Å². The summed E-state index contributed by atoms with van der Waals surface area (Å²) in [5, 5.41) is 0. The lowest BCUT2D eigenvalue weighted by Crippen LogP contribution is -2.21. The maximum Gasteiger partial charge on any atom is 0.315 e. The molecule has 0 saturated heterocycles. The Morgan fingerprint density at radius 2 is 2.50 bits per heavy atom. The SMILES string of the molecule is Cn1ccnc(ON)c1=O. The van der Waals surface area contributed by atoms with Gasteiger partial charge in [-0.05, 0) is 0 Å². The van der Waals surface area contributed by atoms with Gasteiger partial charge in [0, 0.05) is 19.4 Å². The molecule has 0 aliphatic heterocycles. The minimum atomic E-state index is -0.343. The highest BCUT2D eigenvalue weighted by Crippen LogP contribution is 1.89. The van der Waals surface area contributed by atoms with Crippen molar-refractivity contribution in [3.63, 3.8) is 0 Å². The third-order valence-corrected chi connectivity index (χ3v) is 1.10. The van der Waals surface area contributed by atoms with E-state index in [1.165, 1.54) is 17.0 Å². The Labute approximate surface area is 57.0 Å². The molecule has 2 N–H and O–H groups in total. The third kappa shape index (κ3) is 0.985. The minimum Gasteiger partial charge on any atom is -0.385 e. The van der Waals surface area contributed by atoms with Gasteiger partial charge >= 0.3 is 11.4 Å². The van der Waals surface area contributed by atoms with Crippen LogP contribution in [0.4, 0.5) is 0 Å². The van der Waals surface area contributed by atoms with Crippen molar-refractivity contribution < 1.29 is 4.84 Å². The molecule has 0 atom stereocenters. The van der Waals surface area contributed by atoms with E-state index in [1.807, 2.05) is 0 Å². The molecule has 0 saturated carbocycles. The zero-order valence-corrected chi connectivity index (χ0v) is 5.44. The first-order valence-electron chi connectivity index (χ1n) is 2.64. The van der Waals surface area contributed by atoms with Gasteiger partial charge in [-0.1, -0.05) is 0 Å². The zero-order chi connectivity index (χ0) is 7.56. The van der Waals surface area contributed by atoms with E-state index in [1.54, 1.807) is 7.05 Å². The molecular weight excluding hydrogens is 134 g/mol. The Kier molecular flexibility index (Phi) is 1.68. The minimum absolute atomic E-state index is 0.0926. The predicted molar refractivity (Wildman–Crippen MR) is 34.3 cm³/mol. The molecule has 0 aliphatic carbocycles. The van der Waals surface area contributed by atoms with Crippen molar-refractivity contribution in [3.8, 4) is 5.88 Å². The lowest BCUT2D eigenvalue weighted by atomic mass is 10.7. The van der Waals surface area contributed by atoms with Gasteiger partial charge in [0.05, 0.1) is 0 Å². The van der Waals surface area contributed by atoms with E-state index >= 15 is 0 Å². The average Bonchev–Trinajstić information content (AvgIpc) is 1.95. The smallest absolute Gasteiger partial charge is 0.315 e. The number of nitrogens with two attached hydrogens (primary N) is 1. The van der Waals surface area contributed by atoms with Crippen molar-refractivity contribution in [1.29, 1.82) is 0 Å². The highest BCUT2D eigenvalue weighted by atomic mass is 16.6. The fraction of sp³-hybridized carbons (Fsp3) is 0.200. The van der Waals surface area contributed by atoms with E-state index < -0.39 is 0 Å². The van der Waals surface area contributed by atoms with Crippen LogP contribution in [0.2, 0.25) is 0 Å². The quantitative estimate of drug-likeness (QED) is 0.511. The van der Waals surface area contributed by atoms with Gasteiger partial charge in [-0.3, -0.25) is 4.79 Å². The largest absolute Gasteiger partial charge is 0.385 e. The summed E-state index contributed by atoms with van der Waals surface area (Å²) in [6, 6.07) is 0. The Balaban J connectivity index is 3.28. The van der Waals surface area contributed by atoms with Crippen LogP contribution in [0.25, 0.3) is 0 Å². The topological polar surface area (TPSA) is 70.1 Å². The van der Waals surface area contributed by atoms with Crippen LogP contribution in [-0.4, -0.2) is 9.55 Å². The molecule has 1 heterocycles. The number of aromatic nitrogens is 2. The lowest BCUT2D eigenvalue weighted by Gasteiger charge is -1.97. The molecule has 1 aromatic heterocycles. The molecule has 1 rings (SSSR count). The maximum atomic E-state index is 10.9. The molecule has 0 fully saturated rings.